The predicted molar refractivity (Wildman–Crippen MR) is 61.9 cm³/mol. The molecule has 0 saturated carbocycles. The van der Waals surface area contributed by atoms with Gasteiger partial charge in [-0.1, -0.05) is 34.8 Å². The molecule has 0 N–H and O–H groups in total. The van der Waals surface area contributed by atoms with Crippen molar-refractivity contribution in [1.29, 1.82) is 0 Å². The van der Waals surface area contributed by atoms with Crippen LogP contribution in [0.1, 0.15) is 6.92 Å². The molecular weight excluding hydrogens is 279 g/mol. The molecule has 0 aliphatic rings. The highest BCUT2D eigenvalue weighted by atomic mass is 35.5. The summed E-state index contributed by atoms with van der Waals surface area (Å²) in [7, 11) is 0. The molecule has 0 fully saturated rings. The van der Waals surface area contributed by atoms with Crippen LogP contribution in [-0.4, -0.2) is 24.2 Å². The van der Waals surface area contributed by atoms with E-state index in [1.54, 1.807) is 13.0 Å². The number of halogens is 4. The molecule has 0 saturated heterocycles. The Morgan fingerprint density at radius 3 is 2.44 bits per heavy atom. The Morgan fingerprint density at radius 1 is 1.50 bits per heavy atom. The summed E-state index contributed by atoms with van der Waals surface area (Å²) in [5.74, 6) is -0.789. The van der Waals surface area contributed by atoms with Gasteiger partial charge in [-0.3, -0.25) is 0 Å². The van der Waals surface area contributed by atoms with Gasteiger partial charge in [0.1, 0.15) is 5.15 Å². The van der Waals surface area contributed by atoms with Gasteiger partial charge in [0.25, 0.3) is 0 Å². The molecule has 7 heteroatoms. The molecule has 0 aliphatic heterocycles. The number of carbonyl (C=O) groups is 1. The van der Waals surface area contributed by atoms with Crippen molar-refractivity contribution in [2.45, 2.75) is 6.92 Å². The minimum atomic E-state index is -1.02. The van der Waals surface area contributed by atoms with Crippen molar-refractivity contribution in [3.05, 3.63) is 27.5 Å². The summed E-state index contributed by atoms with van der Waals surface area (Å²) in [4.78, 5) is 13.5. The van der Waals surface area contributed by atoms with Crippen LogP contribution in [-0.2, 0) is 9.53 Å². The molecule has 1 aromatic rings. The maximum absolute atomic E-state index is 11.1. The van der Waals surface area contributed by atoms with E-state index in [4.69, 9.17) is 34.8 Å². The Balaban J connectivity index is 0.000000293. The van der Waals surface area contributed by atoms with Crippen LogP contribution in [0.3, 0.4) is 0 Å². The fourth-order valence-electron chi connectivity index (χ4n) is 0.596. The number of pyridine rings is 1. The molecule has 0 aliphatic carbocycles. The molecule has 0 bridgehead atoms. The van der Waals surface area contributed by atoms with Crippen molar-refractivity contribution in [3.8, 4) is 0 Å². The second kappa shape index (κ2) is 8.56. The van der Waals surface area contributed by atoms with Gasteiger partial charge in [-0.25, -0.2) is 14.2 Å². The largest absolute Gasteiger partial charge is 0.464 e. The van der Waals surface area contributed by atoms with Crippen molar-refractivity contribution >= 4 is 40.8 Å². The lowest BCUT2D eigenvalue weighted by Crippen LogP contribution is -2.04. The molecule has 0 spiro atoms. The van der Waals surface area contributed by atoms with Gasteiger partial charge >= 0.3 is 5.97 Å². The van der Waals surface area contributed by atoms with E-state index in [0.717, 1.165) is 0 Å². The third-order valence-electron chi connectivity index (χ3n) is 1.21. The zero-order valence-electron chi connectivity index (χ0n) is 8.34. The lowest BCUT2D eigenvalue weighted by molar-refractivity contribution is -0.144. The summed E-state index contributed by atoms with van der Waals surface area (Å²) >= 11 is 16.6. The third kappa shape index (κ3) is 6.10. The van der Waals surface area contributed by atoms with Crippen LogP contribution in [0.5, 0.6) is 0 Å². The van der Waals surface area contributed by atoms with Gasteiger partial charge in [-0.15, -0.1) is 0 Å². The van der Waals surface area contributed by atoms with Gasteiger partial charge in [0.15, 0.2) is 6.67 Å². The minimum absolute atomic E-state index is 0.240. The van der Waals surface area contributed by atoms with E-state index in [-0.39, 0.29) is 11.8 Å². The lowest BCUT2D eigenvalue weighted by Gasteiger charge is -1.93. The van der Waals surface area contributed by atoms with Gasteiger partial charge < -0.3 is 4.74 Å². The number of esters is 1. The molecule has 0 amide bonds. The third-order valence-corrected chi connectivity index (χ3v) is 2.39. The highest BCUT2D eigenvalue weighted by Crippen LogP contribution is 2.26. The van der Waals surface area contributed by atoms with E-state index in [1.807, 2.05) is 0 Å². The van der Waals surface area contributed by atoms with Gasteiger partial charge in [0.2, 0.25) is 0 Å². The van der Waals surface area contributed by atoms with Gasteiger partial charge in [-0.05, 0) is 13.0 Å². The second-order valence-corrected chi connectivity index (χ2v) is 3.48. The van der Waals surface area contributed by atoms with E-state index < -0.39 is 12.6 Å². The number of hydrogen-bond acceptors (Lipinski definition) is 3. The van der Waals surface area contributed by atoms with E-state index >= 15 is 0 Å². The molecule has 1 aromatic heterocycles. The summed E-state index contributed by atoms with van der Waals surface area (Å²) in [6.07, 6.45) is 1.50. The fraction of sp³-hybridized carbons (Fsp3) is 0.333. The summed E-state index contributed by atoms with van der Waals surface area (Å²) in [5, 5.41) is 0.974. The average Bonchev–Trinajstić information content (AvgIpc) is 2.27. The standard InChI is InChI=1S/C5H2Cl3N.C4H7FO2/c6-3-1-2-9-5(8)4(3)7;1-2-7-4(6)3-5/h1-2H;2-3H2,1H3. The Labute approximate surface area is 107 Å². The zero-order valence-corrected chi connectivity index (χ0v) is 10.6. The first-order chi connectivity index (χ1) is 7.52. The summed E-state index contributed by atoms with van der Waals surface area (Å²) in [6.45, 7) is 0.865. The van der Waals surface area contributed by atoms with Crippen molar-refractivity contribution in [3.63, 3.8) is 0 Å². The lowest BCUT2D eigenvalue weighted by atomic mass is 10.5. The minimum Gasteiger partial charge on any atom is -0.464 e. The Morgan fingerprint density at radius 2 is 2.12 bits per heavy atom. The average molecular weight is 289 g/mol. The number of aromatic nitrogens is 1. The van der Waals surface area contributed by atoms with Crippen LogP contribution in [0.25, 0.3) is 0 Å². The molecule has 90 valence electrons. The first-order valence-corrected chi connectivity index (χ1v) is 5.33. The van der Waals surface area contributed by atoms with Crippen molar-refractivity contribution in [2.75, 3.05) is 13.3 Å². The van der Waals surface area contributed by atoms with Gasteiger partial charge in [0, 0.05) is 6.20 Å². The molecule has 1 heterocycles. The molecule has 16 heavy (non-hydrogen) atoms. The van der Waals surface area contributed by atoms with Crippen LogP contribution < -0.4 is 0 Å². The highest BCUT2D eigenvalue weighted by molar-refractivity contribution is 6.47. The number of ether oxygens (including phenoxy) is 1. The Kier molecular flexibility index (Phi) is 8.25. The van der Waals surface area contributed by atoms with Crippen LogP contribution in [0, 0.1) is 0 Å². The molecule has 0 aromatic carbocycles. The molecule has 0 radical (unpaired) electrons. The van der Waals surface area contributed by atoms with E-state index in [1.165, 1.54) is 6.20 Å². The quantitative estimate of drug-likeness (QED) is 0.617. The first kappa shape index (κ1) is 15.4. The molecule has 0 atom stereocenters. The van der Waals surface area contributed by atoms with Gasteiger partial charge in [-0.2, -0.15) is 0 Å². The van der Waals surface area contributed by atoms with Crippen LogP contribution in [0.15, 0.2) is 12.3 Å². The van der Waals surface area contributed by atoms with E-state index in [0.29, 0.717) is 10.0 Å². The Hall–Kier alpha value is -0.580. The smallest absolute Gasteiger partial charge is 0.337 e. The van der Waals surface area contributed by atoms with E-state index in [9.17, 15) is 9.18 Å². The number of rotatable bonds is 2. The van der Waals surface area contributed by atoms with Crippen molar-refractivity contribution in [2.24, 2.45) is 0 Å². The molecular formula is C9H9Cl3FNO2. The van der Waals surface area contributed by atoms with Gasteiger partial charge in [0.05, 0.1) is 16.7 Å². The highest BCUT2D eigenvalue weighted by Gasteiger charge is 2.00. The normalized spacial score (nSPS) is 9.06. The monoisotopic (exact) mass is 287 g/mol. The maximum Gasteiger partial charge on any atom is 0.337 e. The van der Waals surface area contributed by atoms with E-state index in [2.05, 4.69) is 9.72 Å². The Bertz CT molecular complexity index is 329. The molecule has 0 unspecified atom stereocenters. The maximum atomic E-state index is 11.1. The van der Waals surface area contributed by atoms with Crippen LogP contribution in [0.4, 0.5) is 4.39 Å². The molecule has 1 rings (SSSR count). The second-order valence-electron chi connectivity index (χ2n) is 2.34. The predicted octanol–water partition coefficient (Wildman–Crippen LogP) is 3.56. The number of hydrogen-bond donors (Lipinski definition) is 0. The first-order valence-electron chi connectivity index (χ1n) is 4.20. The zero-order chi connectivity index (χ0) is 12.6. The van der Waals surface area contributed by atoms with Crippen molar-refractivity contribution in [1.82, 2.24) is 4.98 Å². The van der Waals surface area contributed by atoms with Crippen LogP contribution >= 0.6 is 34.8 Å². The fourth-order valence-corrected chi connectivity index (χ4v) is 1.06. The topological polar surface area (TPSA) is 39.2 Å². The van der Waals surface area contributed by atoms with Crippen LogP contribution in [0.2, 0.25) is 15.2 Å². The van der Waals surface area contributed by atoms with Crippen molar-refractivity contribution < 1.29 is 13.9 Å². The SMILES string of the molecule is CCOC(=O)CF.Clc1ccnc(Cl)c1Cl. The molecule has 3 nitrogen and oxygen atoms in total. The summed E-state index contributed by atoms with van der Waals surface area (Å²) < 4.78 is 15.3. The summed E-state index contributed by atoms with van der Waals surface area (Å²) in [5.41, 5.74) is 0. The number of carbonyl (C=O) groups excluding carboxylic acids is 1. The number of alkyl halides is 1. The number of nitrogens with zero attached hydrogens (tertiary/aromatic N) is 1. The summed E-state index contributed by atoms with van der Waals surface area (Å²) in [6, 6.07) is 1.58.